The van der Waals surface area contributed by atoms with E-state index in [0.29, 0.717) is 46.9 Å². The summed E-state index contributed by atoms with van der Waals surface area (Å²) < 4.78 is 7.18. The molecule has 2 aromatic heterocycles. The van der Waals surface area contributed by atoms with Gasteiger partial charge in [0.15, 0.2) is 0 Å². The Kier molecular flexibility index (Phi) is 7.37. The van der Waals surface area contributed by atoms with Crippen molar-refractivity contribution in [2.24, 2.45) is 0 Å². The summed E-state index contributed by atoms with van der Waals surface area (Å²) in [5, 5.41) is 12.1. The van der Waals surface area contributed by atoms with Crippen LogP contribution in [0.1, 0.15) is 18.9 Å². The van der Waals surface area contributed by atoms with Gasteiger partial charge in [-0.3, -0.25) is 18.9 Å². The van der Waals surface area contributed by atoms with Crippen LogP contribution in [0, 0.1) is 0 Å². The number of fused-ring (bicyclic) bond motifs is 1. The smallest absolute Gasteiger partial charge is 0.267 e. The van der Waals surface area contributed by atoms with E-state index in [1.54, 1.807) is 24.4 Å². The quantitative estimate of drug-likeness (QED) is 0.350. The molecule has 0 aromatic carbocycles. The van der Waals surface area contributed by atoms with E-state index in [9.17, 15) is 9.59 Å². The lowest BCUT2D eigenvalue weighted by atomic mass is 10.2. The summed E-state index contributed by atoms with van der Waals surface area (Å²) in [5.41, 5.74) is 0.410. The molecule has 2 aromatic rings. The van der Waals surface area contributed by atoms with Crippen molar-refractivity contribution in [3.05, 3.63) is 45.2 Å². The Balaban J connectivity index is 1.94. The molecule has 0 saturated carbocycles. The lowest BCUT2D eigenvalue weighted by Crippen LogP contribution is -2.29. The summed E-state index contributed by atoms with van der Waals surface area (Å²) in [6.07, 6.45) is 3.82. The molecule has 29 heavy (non-hydrogen) atoms. The van der Waals surface area contributed by atoms with Gasteiger partial charge < -0.3 is 15.2 Å². The minimum absolute atomic E-state index is 0.114. The fourth-order valence-corrected chi connectivity index (χ4v) is 4.13. The second kappa shape index (κ2) is 9.97. The molecule has 2 N–H and O–H groups in total. The molecule has 1 fully saturated rings. The Morgan fingerprint density at radius 1 is 1.38 bits per heavy atom. The van der Waals surface area contributed by atoms with Crippen LogP contribution in [-0.4, -0.2) is 62.5 Å². The number of thiocarbonyl (C=S) groups is 1. The van der Waals surface area contributed by atoms with Crippen molar-refractivity contribution in [1.82, 2.24) is 14.3 Å². The number of carbonyl (C=O) groups is 1. The van der Waals surface area contributed by atoms with Crippen molar-refractivity contribution >= 4 is 51.7 Å². The number of ether oxygens (including phenoxy) is 1. The molecule has 3 heterocycles. The highest BCUT2D eigenvalue weighted by molar-refractivity contribution is 8.26. The molecule has 0 atom stereocenters. The van der Waals surface area contributed by atoms with Crippen LogP contribution < -0.4 is 10.9 Å². The largest absolute Gasteiger partial charge is 0.395 e. The maximum absolute atomic E-state index is 13.0. The Labute approximate surface area is 177 Å². The summed E-state index contributed by atoms with van der Waals surface area (Å²) in [5.74, 6) is 0.0824. The zero-order chi connectivity index (χ0) is 20.8. The van der Waals surface area contributed by atoms with E-state index in [-0.39, 0.29) is 30.2 Å². The average Bonchev–Trinajstić information content (AvgIpc) is 2.99. The van der Waals surface area contributed by atoms with Crippen molar-refractivity contribution in [2.45, 2.75) is 13.3 Å². The molecule has 10 heteroatoms. The number of hydrogen-bond acceptors (Lipinski definition) is 8. The third kappa shape index (κ3) is 4.84. The number of amides is 1. The fourth-order valence-electron chi connectivity index (χ4n) is 2.83. The molecule has 1 saturated heterocycles. The van der Waals surface area contributed by atoms with E-state index in [4.69, 9.17) is 22.1 Å². The van der Waals surface area contributed by atoms with Crippen LogP contribution in [0.4, 0.5) is 5.82 Å². The van der Waals surface area contributed by atoms with E-state index < -0.39 is 0 Å². The second-order valence-electron chi connectivity index (χ2n) is 6.14. The average molecular weight is 435 g/mol. The van der Waals surface area contributed by atoms with E-state index in [1.807, 2.05) is 6.92 Å². The third-order valence-corrected chi connectivity index (χ3v) is 5.57. The SMILES string of the molecule is CCOCCCN1C(=O)C(=Cc2c(NCCO)nc3ccccn3c2=O)SC1=S. The predicted molar refractivity (Wildman–Crippen MR) is 118 cm³/mol. The van der Waals surface area contributed by atoms with E-state index in [1.165, 1.54) is 15.4 Å². The zero-order valence-electron chi connectivity index (χ0n) is 16.0. The van der Waals surface area contributed by atoms with Crippen LogP contribution >= 0.6 is 24.0 Å². The van der Waals surface area contributed by atoms with Gasteiger partial charge in [0.2, 0.25) is 0 Å². The topological polar surface area (TPSA) is 96.2 Å². The van der Waals surface area contributed by atoms with Crippen LogP contribution in [0.2, 0.25) is 0 Å². The summed E-state index contributed by atoms with van der Waals surface area (Å²) in [4.78, 5) is 32.2. The second-order valence-corrected chi connectivity index (χ2v) is 7.82. The van der Waals surface area contributed by atoms with Gasteiger partial charge in [-0.2, -0.15) is 0 Å². The number of aliphatic hydroxyl groups is 1. The summed E-state index contributed by atoms with van der Waals surface area (Å²) in [7, 11) is 0. The monoisotopic (exact) mass is 434 g/mol. The van der Waals surface area contributed by atoms with Crippen LogP contribution in [0.3, 0.4) is 0 Å². The van der Waals surface area contributed by atoms with Crippen LogP contribution in [-0.2, 0) is 9.53 Å². The minimum atomic E-state index is -0.308. The lowest BCUT2D eigenvalue weighted by Gasteiger charge is -2.14. The highest BCUT2D eigenvalue weighted by atomic mass is 32.2. The predicted octanol–water partition coefficient (Wildman–Crippen LogP) is 1.73. The van der Waals surface area contributed by atoms with Gasteiger partial charge in [0.05, 0.1) is 17.1 Å². The molecule has 1 aliphatic rings. The first-order valence-corrected chi connectivity index (χ1v) is 10.5. The first kappa shape index (κ1) is 21.4. The molecule has 0 bridgehead atoms. The Hall–Kier alpha value is -2.27. The molecule has 1 aliphatic heterocycles. The maximum Gasteiger partial charge on any atom is 0.267 e. The highest BCUT2D eigenvalue weighted by Crippen LogP contribution is 2.33. The van der Waals surface area contributed by atoms with Gasteiger partial charge in [0.25, 0.3) is 11.5 Å². The van der Waals surface area contributed by atoms with Gasteiger partial charge in [-0.15, -0.1) is 0 Å². The molecule has 3 rings (SSSR count). The first-order chi connectivity index (χ1) is 14.1. The number of carbonyl (C=O) groups excluding carboxylic acids is 1. The maximum atomic E-state index is 13.0. The molecule has 8 nitrogen and oxygen atoms in total. The molecular formula is C19H22N4O4S2. The van der Waals surface area contributed by atoms with Gasteiger partial charge in [-0.25, -0.2) is 4.98 Å². The van der Waals surface area contributed by atoms with E-state index in [0.717, 1.165) is 11.8 Å². The first-order valence-electron chi connectivity index (χ1n) is 9.26. The van der Waals surface area contributed by atoms with Crippen molar-refractivity contribution in [2.75, 3.05) is 38.2 Å². The lowest BCUT2D eigenvalue weighted by molar-refractivity contribution is -0.122. The van der Waals surface area contributed by atoms with Gasteiger partial charge in [-0.05, 0) is 31.6 Å². The van der Waals surface area contributed by atoms with Crippen molar-refractivity contribution in [3.63, 3.8) is 0 Å². The van der Waals surface area contributed by atoms with Gasteiger partial charge in [0, 0.05) is 32.5 Å². The molecule has 0 radical (unpaired) electrons. The highest BCUT2D eigenvalue weighted by Gasteiger charge is 2.32. The van der Waals surface area contributed by atoms with Crippen molar-refractivity contribution in [3.8, 4) is 0 Å². The number of hydrogen-bond donors (Lipinski definition) is 2. The Bertz CT molecular complexity index is 1010. The van der Waals surface area contributed by atoms with Crippen molar-refractivity contribution in [1.29, 1.82) is 0 Å². The van der Waals surface area contributed by atoms with E-state index >= 15 is 0 Å². The number of thioether (sulfide) groups is 1. The Morgan fingerprint density at radius 3 is 2.97 bits per heavy atom. The van der Waals surface area contributed by atoms with Gasteiger partial charge in [0.1, 0.15) is 15.8 Å². The standard InChI is InChI=1S/C19H22N4O4S2/c1-2-27-11-5-9-23-18(26)14(29-19(23)28)12-13-16(20-7-10-24)21-15-6-3-4-8-22(15)17(13)25/h3-4,6,8,12,20,24H,2,5,7,9-11H2,1H3. The molecule has 0 aliphatic carbocycles. The van der Waals surface area contributed by atoms with Crippen LogP contribution in [0.5, 0.6) is 0 Å². The summed E-state index contributed by atoms with van der Waals surface area (Å²) in [6, 6.07) is 5.23. The fraction of sp³-hybridized carbons (Fsp3) is 0.368. The van der Waals surface area contributed by atoms with Crippen LogP contribution in [0.25, 0.3) is 11.7 Å². The molecular weight excluding hydrogens is 412 g/mol. The van der Waals surface area contributed by atoms with E-state index in [2.05, 4.69) is 10.3 Å². The zero-order valence-corrected chi connectivity index (χ0v) is 17.6. The number of pyridine rings is 1. The Morgan fingerprint density at radius 2 is 2.21 bits per heavy atom. The van der Waals surface area contributed by atoms with Crippen molar-refractivity contribution < 1.29 is 14.6 Å². The number of aliphatic hydroxyl groups excluding tert-OH is 1. The minimum Gasteiger partial charge on any atom is -0.395 e. The summed E-state index contributed by atoms with van der Waals surface area (Å²) >= 11 is 6.50. The van der Waals surface area contributed by atoms with Gasteiger partial charge >= 0.3 is 0 Å². The number of anilines is 1. The number of nitrogens with one attached hydrogen (secondary N) is 1. The molecule has 0 spiro atoms. The normalized spacial score (nSPS) is 15.7. The summed E-state index contributed by atoms with van der Waals surface area (Å²) in [6.45, 7) is 3.68. The van der Waals surface area contributed by atoms with Crippen LogP contribution in [0.15, 0.2) is 34.1 Å². The van der Waals surface area contributed by atoms with Gasteiger partial charge in [-0.1, -0.05) is 30.0 Å². The number of aromatic nitrogens is 2. The molecule has 154 valence electrons. The third-order valence-electron chi connectivity index (χ3n) is 4.20. The molecule has 0 unspecified atom stereocenters. The molecule has 1 amide bonds. The number of nitrogens with zero attached hydrogens (tertiary/aromatic N) is 3. The number of rotatable bonds is 9.